The number of furan rings is 1. The van der Waals surface area contributed by atoms with Crippen LogP contribution in [0.15, 0.2) is 35.2 Å². The Balaban J connectivity index is 1.90. The van der Waals surface area contributed by atoms with Crippen LogP contribution in [-0.4, -0.2) is 29.3 Å². The number of rotatable bonds is 9. The van der Waals surface area contributed by atoms with Gasteiger partial charge in [-0.1, -0.05) is 6.92 Å². The van der Waals surface area contributed by atoms with Crippen molar-refractivity contribution in [1.82, 2.24) is 14.9 Å². The highest BCUT2D eigenvalue weighted by Gasteiger charge is 2.19. The summed E-state index contributed by atoms with van der Waals surface area (Å²) in [6.07, 6.45) is 7.48. The second kappa shape index (κ2) is 7.87. The molecule has 110 valence electrons. The maximum Gasteiger partial charge on any atom is 0.133 e. The zero-order valence-corrected chi connectivity index (χ0v) is 12.2. The van der Waals surface area contributed by atoms with E-state index in [4.69, 9.17) is 9.15 Å². The first-order valence-electron chi connectivity index (χ1n) is 7.14. The number of ether oxygens (including phenoxy) is 1. The molecule has 2 rings (SSSR count). The number of imidazole rings is 1. The van der Waals surface area contributed by atoms with E-state index in [0.717, 1.165) is 44.2 Å². The minimum Gasteiger partial charge on any atom is -0.467 e. The Hall–Kier alpha value is -1.59. The Morgan fingerprint density at radius 2 is 2.35 bits per heavy atom. The predicted molar refractivity (Wildman–Crippen MR) is 77.5 cm³/mol. The number of hydrogen-bond donors (Lipinski definition) is 1. The zero-order chi connectivity index (χ0) is 14.2. The van der Waals surface area contributed by atoms with E-state index in [1.165, 1.54) is 0 Å². The monoisotopic (exact) mass is 277 g/mol. The summed E-state index contributed by atoms with van der Waals surface area (Å²) in [6, 6.07) is 3.85. The van der Waals surface area contributed by atoms with Crippen molar-refractivity contribution in [3.05, 3.63) is 42.4 Å². The SMILES string of the molecule is CCCOCCCNC(c1ccco1)c1nccn1C. The molecule has 0 radical (unpaired) electrons. The van der Waals surface area contributed by atoms with Crippen LogP contribution < -0.4 is 5.32 Å². The summed E-state index contributed by atoms with van der Waals surface area (Å²) in [5, 5.41) is 3.49. The molecule has 1 atom stereocenters. The van der Waals surface area contributed by atoms with Crippen molar-refractivity contribution in [3.63, 3.8) is 0 Å². The van der Waals surface area contributed by atoms with E-state index in [2.05, 4.69) is 17.2 Å². The predicted octanol–water partition coefficient (Wildman–Crippen LogP) is 2.51. The van der Waals surface area contributed by atoms with E-state index in [9.17, 15) is 0 Å². The highest BCUT2D eigenvalue weighted by atomic mass is 16.5. The van der Waals surface area contributed by atoms with Crippen LogP contribution in [0.25, 0.3) is 0 Å². The van der Waals surface area contributed by atoms with Gasteiger partial charge >= 0.3 is 0 Å². The Morgan fingerprint density at radius 1 is 1.45 bits per heavy atom. The molecule has 1 unspecified atom stereocenters. The highest BCUT2D eigenvalue weighted by Crippen LogP contribution is 2.20. The van der Waals surface area contributed by atoms with Crippen LogP contribution in [0.2, 0.25) is 0 Å². The van der Waals surface area contributed by atoms with Gasteiger partial charge in [0.1, 0.15) is 17.6 Å². The number of hydrogen-bond acceptors (Lipinski definition) is 4. The van der Waals surface area contributed by atoms with Gasteiger partial charge in [-0.3, -0.25) is 0 Å². The molecule has 2 aromatic heterocycles. The third kappa shape index (κ3) is 3.95. The molecular weight excluding hydrogens is 254 g/mol. The topological polar surface area (TPSA) is 52.2 Å². The van der Waals surface area contributed by atoms with Crippen molar-refractivity contribution in [2.75, 3.05) is 19.8 Å². The smallest absolute Gasteiger partial charge is 0.133 e. The first kappa shape index (κ1) is 14.8. The molecule has 0 aliphatic heterocycles. The van der Waals surface area contributed by atoms with Gasteiger partial charge in [0.2, 0.25) is 0 Å². The van der Waals surface area contributed by atoms with Crippen molar-refractivity contribution in [3.8, 4) is 0 Å². The number of aryl methyl sites for hydroxylation is 1. The molecule has 5 nitrogen and oxygen atoms in total. The van der Waals surface area contributed by atoms with E-state index in [1.54, 1.807) is 12.5 Å². The second-order valence-corrected chi connectivity index (χ2v) is 4.76. The zero-order valence-electron chi connectivity index (χ0n) is 12.2. The summed E-state index contributed by atoms with van der Waals surface area (Å²) in [5.74, 6) is 1.84. The fourth-order valence-corrected chi connectivity index (χ4v) is 2.10. The minimum atomic E-state index is -0.0174. The van der Waals surface area contributed by atoms with E-state index in [0.29, 0.717) is 0 Å². The van der Waals surface area contributed by atoms with E-state index in [1.807, 2.05) is 29.9 Å². The second-order valence-electron chi connectivity index (χ2n) is 4.76. The number of nitrogens with one attached hydrogen (secondary N) is 1. The first-order valence-corrected chi connectivity index (χ1v) is 7.14. The largest absolute Gasteiger partial charge is 0.467 e. The summed E-state index contributed by atoms with van der Waals surface area (Å²) in [6.45, 7) is 4.60. The fourth-order valence-electron chi connectivity index (χ4n) is 2.10. The molecule has 0 saturated heterocycles. The molecule has 2 aromatic rings. The standard InChI is InChI=1S/C15H23N3O2/c1-3-10-19-11-5-7-16-14(13-6-4-12-20-13)15-17-8-9-18(15)2/h4,6,8-9,12,14,16H,3,5,7,10-11H2,1-2H3. The summed E-state index contributed by atoms with van der Waals surface area (Å²) in [5.41, 5.74) is 0. The maximum absolute atomic E-state index is 5.52. The van der Waals surface area contributed by atoms with Gasteiger partial charge in [-0.25, -0.2) is 4.98 Å². The average molecular weight is 277 g/mol. The van der Waals surface area contributed by atoms with Crippen molar-refractivity contribution in [2.45, 2.75) is 25.8 Å². The summed E-state index contributed by atoms with van der Waals surface area (Å²) >= 11 is 0. The Bertz CT molecular complexity index is 479. The molecular formula is C15H23N3O2. The van der Waals surface area contributed by atoms with Crippen LogP contribution in [0.3, 0.4) is 0 Å². The quantitative estimate of drug-likeness (QED) is 0.716. The van der Waals surface area contributed by atoms with Gasteiger partial charge in [0.05, 0.1) is 6.26 Å². The van der Waals surface area contributed by atoms with Gasteiger partial charge in [0, 0.05) is 32.7 Å². The van der Waals surface area contributed by atoms with Crippen LogP contribution in [-0.2, 0) is 11.8 Å². The van der Waals surface area contributed by atoms with Crippen molar-refractivity contribution in [1.29, 1.82) is 0 Å². The lowest BCUT2D eigenvalue weighted by Gasteiger charge is -2.16. The number of aromatic nitrogens is 2. The molecule has 0 bridgehead atoms. The molecule has 2 heterocycles. The summed E-state index contributed by atoms with van der Waals surface area (Å²) < 4.78 is 13.0. The summed E-state index contributed by atoms with van der Waals surface area (Å²) in [7, 11) is 1.99. The molecule has 1 N–H and O–H groups in total. The van der Waals surface area contributed by atoms with Crippen LogP contribution in [0.4, 0.5) is 0 Å². The van der Waals surface area contributed by atoms with Crippen LogP contribution in [0, 0.1) is 0 Å². The number of nitrogens with zero attached hydrogens (tertiary/aromatic N) is 2. The third-order valence-electron chi connectivity index (χ3n) is 3.11. The van der Waals surface area contributed by atoms with Gasteiger partial charge in [-0.15, -0.1) is 0 Å². The van der Waals surface area contributed by atoms with Gasteiger partial charge in [-0.05, 0) is 31.5 Å². The highest BCUT2D eigenvalue weighted by molar-refractivity contribution is 5.15. The molecule has 20 heavy (non-hydrogen) atoms. The van der Waals surface area contributed by atoms with Crippen molar-refractivity contribution < 1.29 is 9.15 Å². The minimum absolute atomic E-state index is 0.0174. The van der Waals surface area contributed by atoms with E-state index >= 15 is 0 Å². The maximum atomic E-state index is 5.52. The van der Waals surface area contributed by atoms with E-state index < -0.39 is 0 Å². The third-order valence-corrected chi connectivity index (χ3v) is 3.11. The lowest BCUT2D eigenvalue weighted by Crippen LogP contribution is -2.26. The molecule has 0 amide bonds. The lowest BCUT2D eigenvalue weighted by molar-refractivity contribution is 0.131. The van der Waals surface area contributed by atoms with Crippen molar-refractivity contribution >= 4 is 0 Å². The fraction of sp³-hybridized carbons (Fsp3) is 0.533. The molecule has 0 aliphatic rings. The summed E-state index contributed by atoms with van der Waals surface area (Å²) in [4.78, 5) is 4.41. The molecule has 0 aromatic carbocycles. The van der Waals surface area contributed by atoms with Crippen LogP contribution in [0.5, 0.6) is 0 Å². The normalized spacial score (nSPS) is 12.7. The van der Waals surface area contributed by atoms with Crippen LogP contribution in [0.1, 0.15) is 37.4 Å². The van der Waals surface area contributed by atoms with E-state index in [-0.39, 0.29) is 6.04 Å². The van der Waals surface area contributed by atoms with Gasteiger partial charge in [0.25, 0.3) is 0 Å². The van der Waals surface area contributed by atoms with Crippen LogP contribution >= 0.6 is 0 Å². The molecule has 0 saturated carbocycles. The van der Waals surface area contributed by atoms with Gasteiger partial charge in [0.15, 0.2) is 0 Å². The molecule has 0 aliphatic carbocycles. The molecule has 0 fully saturated rings. The Morgan fingerprint density at radius 3 is 3.00 bits per heavy atom. The molecule has 0 spiro atoms. The Labute approximate surface area is 120 Å². The van der Waals surface area contributed by atoms with Gasteiger partial charge in [-0.2, -0.15) is 0 Å². The lowest BCUT2D eigenvalue weighted by atomic mass is 10.2. The van der Waals surface area contributed by atoms with Gasteiger partial charge < -0.3 is 19.0 Å². The van der Waals surface area contributed by atoms with Crippen molar-refractivity contribution in [2.24, 2.45) is 7.05 Å². The average Bonchev–Trinajstić information content (AvgIpc) is 3.10. The molecule has 5 heteroatoms. The first-order chi connectivity index (χ1) is 9.83. The Kier molecular flexibility index (Phi) is 5.83.